The van der Waals surface area contributed by atoms with Crippen LogP contribution in [0.1, 0.15) is 39.5 Å². The molecule has 0 aromatic carbocycles. The minimum Gasteiger partial charge on any atom is -0.305 e. The predicted molar refractivity (Wildman–Crippen MR) is 78.9 cm³/mol. The van der Waals surface area contributed by atoms with Crippen molar-refractivity contribution in [2.45, 2.75) is 39.5 Å². The lowest BCUT2D eigenvalue weighted by Crippen LogP contribution is -2.50. The monoisotopic (exact) mass is 280 g/mol. The third-order valence-corrected chi connectivity index (χ3v) is 5.01. The van der Waals surface area contributed by atoms with Crippen LogP contribution in [0, 0.1) is 68.5 Å². The van der Waals surface area contributed by atoms with Gasteiger partial charge in [0.2, 0.25) is 0 Å². The van der Waals surface area contributed by atoms with Gasteiger partial charge < -0.3 is 5.41 Å². The van der Waals surface area contributed by atoms with E-state index in [1.807, 2.05) is 6.92 Å². The molecule has 0 aliphatic heterocycles. The standard InChI is InChI=1S/C17H20N4/c1-3-4-15-13-7-11(2)5-6-12(13)14(8-18)16(21)17(15,9-19)10-20/h6,11,13-15,21H,3-5,7H2,1-2H3/t11-,13-,14-,15+/m1/s1. The molecule has 4 nitrogen and oxygen atoms in total. The van der Waals surface area contributed by atoms with Crippen LogP contribution in [0.4, 0.5) is 0 Å². The minimum atomic E-state index is -1.44. The van der Waals surface area contributed by atoms with Crippen molar-refractivity contribution in [2.24, 2.45) is 29.1 Å². The average Bonchev–Trinajstić information content (AvgIpc) is 2.49. The van der Waals surface area contributed by atoms with Crippen LogP contribution in [-0.2, 0) is 0 Å². The molecule has 108 valence electrons. The van der Waals surface area contributed by atoms with Crippen molar-refractivity contribution in [3.05, 3.63) is 11.6 Å². The Morgan fingerprint density at radius 1 is 1.33 bits per heavy atom. The van der Waals surface area contributed by atoms with Gasteiger partial charge in [0.05, 0.1) is 23.9 Å². The van der Waals surface area contributed by atoms with E-state index in [1.165, 1.54) is 0 Å². The number of nitriles is 3. The lowest BCUT2D eigenvalue weighted by Gasteiger charge is -2.46. The van der Waals surface area contributed by atoms with Crippen molar-refractivity contribution in [1.29, 1.82) is 21.2 Å². The van der Waals surface area contributed by atoms with Gasteiger partial charge in [-0.05, 0) is 36.7 Å². The zero-order valence-electron chi connectivity index (χ0n) is 12.6. The van der Waals surface area contributed by atoms with E-state index < -0.39 is 11.3 Å². The highest BCUT2D eigenvalue weighted by molar-refractivity contribution is 5.99. The first-order chi connectivity index (χ1) is 10.1. The molecule has 0 bridgehead atoms. The van der Waals surface area contributed by atoms with Crippen molar-refractivity contribution >= 4 is 5.71 Å². The fraction of sp³-hybridized carbons (Fsp3) is 0.647. The van der Waals surface area contributed by atoms with E-state index in [2.05, 4.69) is 31.2 Å². The summed E-state index contributed by atoms with van der Waals surface area (Å²) in [4.78, 5) is 0. The number of rotatable bonds is 2. The van der Waals surface area contributed by atoms with Crippen molar-refractivity contribution < 1.29 is 0 Å². The van der Waals surface area contributed by atoms with Gasteiger partial charge in [0.15, 0.2) is 5.41 Å². The molecule has 4 heteroatoms. The van der Waals surface area contributed by atoms with Crippen LogP contribution in [-0.4, -0.2) is 5.71 Å². The summed E-state index contributed by atoms with van der Waals surface area (Å²) in [5.74, 6) is -0.273. The highest BCUT2D eigenvalue weighted by atomic mass is 14.6. The second-order valence-electron chi connectivity index (χ2n) is 6.29. The second-order valence-corrected chi connectivity index (χ2v) is 6.29. The van der Waals surface area contributed by atoms with E-state index in [9.17, 15) is 15.8 Å². The van der Waals surface area contributed by atoms with E-state index >= 15 is 0 Å². The van der Waals surface area contributed by atoms with Gasteiger partial charge >= 0.3 is 0 Å². The number of allylic oxidation sites excluding steroid dienone is 2. The van der Waals surface area contributed by atoms with Crippen molar-refractivity contribution in [1.82, 2.24) is 0 Å². The van der Waals surface area contributed by atoms with Crippen molar-refractivity contribution in [3.63, 3.8) is 0 Å². The Hall–Kier alpha value is -2.12. The molecular weight excluding hydrogens is 260 g/mol. The first kappa shape index (κ1) is 15.3. The lowest BCUT2D eigenvalue weighted by atomic mass is 9.53. The summed E-state index contributed by atoms with van der Waals surface area (Å²) < 4.78 is 0. The summed E-state index contributed by atoms with van der Waals surface area (Å²) in [5.41, 5.74) is -0.458. The Morgan fingerprint density at radius 2 is 2.00 bits per heavy atom. The Morgan fingerprint density at radius 3 is 2.52 bits per heavy atom. The summed E-state index contributed by atoms with van der Waals surface area (Å²) >= 11 is 0. The van der Waals surface area contributed by atoms with E-state index in [0.717, 1.165) is 31.3 Å². The highest BCUT2D eigenvalue weighted by Gasteiger charge is 2.56. The first-order valence-corrected chi connectivity index (χ1v) is 7.56. The van der Waals surface area contributed by atoms with Crippen LogP contribution >= 0.6 is 0 Å². The molecule has 1 fully saturated rings. The van der Waals surface area contributed by atoms with Gasteiger partial charge in [-0.1, -0.05) is 26.3 Å². The van der Waals surface area contributed by atoms with Gasteiger partial charge in [-0.25, -0.2) is 0 Å². The van der Waals surface area contributed by atoms with E-state index in [1.54, 1.807) is 0 Å². The molecule has 0 heterocycles. The van der Waals surface area contributed by atoms with Gasteiger partial charge in [-0.2, -0.15) is 15.8 Å². The van der Waals surface area contributed by atoms with Gasteiger partial charge in [0, 0.05) is 5.92 Å². The Balaban J connectivity index is 2.60. The maximum absolute atomic E-state index is 9.64. The largest absolute Gasteiger partial charge is 0.305 e. The number of hydrogen-bond acceptors (Lipinski definition) is 4. The minimum absolute atomic E-state index is 0.00879. The van der Waals surface area contributed by atoms with Gasteiger partial charge in [-0.3, -0.25) is 0 Å². The number of nitrogens with one attached hydrogen (secondary N) is 1. The molecule has 4 atom stereocenters. The van der Waals surface area contributed by atoms with Crippen molar-refractivity contribution in [2.75, 3.05) is 0 Å². The molecule has 1 saturated carbocycles. The SMILES string of the molecule is CCC[C@H]1[C@@H]2C[C@H](C)CC=C2[C@@H](C#N)C(=N)C1(C#N)C#N. The molecule has 0 saturated heterocycles. The van der Waals surface area contributed by atoms with Crippen LogP contribution in [0.25, 0.3) is 0 Å². The summed E-state index contributed by atoms with van der Waals surface area (Å²) in [6, 6.07) is 6.36. The summed E-state index contributed by atoms with van der Waals surface area (Å²) in [5, 5.41) is 37.1. The number of fused-ring (bicyclic) bond motifs is 1. The molecule has 0 amide bonds. The molecule has 0 unspecified atom stereocenters. The highest BCUT2D eigenvalue weighted by Crippen LogP contribution is 2.52. The number of nitrogens with zero attached hydrogens (tertiary/aromatic N) is 3. The molecule has 2 aliphatic rings. The van der Waals surface area contributed by atoms with Crippen LogP contribution in [0.15, 0.2) is 11.6 Å². The van der Waals surface area contributed by atoms with Crippen LogP contribution in [0.2, 0.25) is 0 Å². The quantitative estimate of drug-likeness (QED) is 0.783. The second kappa shape index (κ2) is 5.71. The first-order valence-electron chi connectivity index (χ1n) is 7.56. The third-order valence-electron chi connectivity index (χ3n) is 5.01. The van der Waals surface area contributed by atoms with Gasteiger partial charge in [0.25, 0.3) is 0 Å². The molecule has 0 aromatic heterocycles. The van der Waals surface area contributed by atoms with Crippen LogP contribution in [0.3, 0.4) is 0 Å². The normalized spacial score (nSPS) is 33.9. The van der Waals surface area contributed by atoms with Crippen molar-refractivity contribution in [3.8, 4) is 18.2 Å². The molecular formula is C17H20N4. The fourth-order valence-electron chi connectivity index (χ4n) is 3.96. The van der Waals surface area contributed by atoms with Crippen LogP contribution < -0.4 is 0 Å². The Kier molecular flexibility index (Phi) is 4.15. The average molecular weight is 280 g/mol. The molecule has 0 aromatic rings. The van der Waals surface area contributed by atoms with E-state index in [0.29, 0.717) is 5.92 Å². The third kappa shape index (κ3) is 2.14. The van der Waals surface area contributed by atoms with Gasteiger partial charge in [0.1, 0.15) is 5.92 Å². The molecule has 21 heavy (non-hydrogen) atoms. The molecule has 1 N–H and O–H groups in total. The maximum atomic E-state index is 9.64. The Labute approximate surface area is 126 Å². The molecule has 0 radical (unpaired) electrons. The fourth-order valence-corrected chi connectivity index (χ4v) is 3.96. The summed E-state index contributed by atoms with van der Waals surface area (Å²) in [7, 11) is 0. The Bertz CT molecular complexity index is 582. The maximum Gasteiger partial charge on any atom is 0.185 e. The topological polar surface area (TPSA) is 95.2 Å². The van der Waals surface area contributed by atoms with E-state index in [4.69, 9.17) is 5.41 Å². The van der Waals surface area contributed by atoms with Crippen LogP contribution in [0.5, 0.6) is 0 Å². The smallest absolute Gasteiger partial charge is 0.185 e. The molecule has 0 spiro atoms. The van der Waals surface area contributed by atoms with Gasteiger partial charge in [-0.15, -0.1) is 0 Å². The molecule has 2 rings (SSSR count). The zero-order chi connectivity index (χ0) is 15.6. The lowest BCUT2D eigenvalue weighted by molar-refractivity contribution is 0.203. The summed E-state index contributed by atoms with van der Waals surface area (Å²) in [6.07, 6.45) is 5.53. The summed E-state index contributed by atoms with van der Waals surface area (Å²) in [6.45, 7) is 4.20. The van der Waals surface area contributed by atoms with E-state index in [-0.39, 0.29) is 17.5 Å². The zero-order valence-corrected chi connectivity index (χ0v) is 12.6. The molecule has 2 aliphatic carbocycles. The number of hydrogen-bond donors (Lipinski definition) is 1. The predicted octanol–water partition coefficient (Wildman–Crippen LogP) is 3.58.